The van der Waals surface area contributed by atoms with Crippen molar-refractivity contribution < 1.29 is 28.2 Å². The molecule has 0 saturated heterocycles. The Morgan fingerprint density at radius 3 is 2.84 bits per heavy atom. The molecule has 4 aliphatic carbocycles. The van der Waals surface area contributed by atoms with E-state index in [9.17, 15) is 19.1 Å². The zero-order valence-corrected chi connectivity index (χ0v) is 26.5. The van der Waals surface area contributed by atoms with Gasteiger partial charge in [0, 0.05) is 9.89 Å². The van der Waals surface area contributed by atoms with Crippen LogP contribution in [0.25, 0.3) is 11.8 Å². The summed E-state index contributed by atoms with van der Waals surface area (Å²) in [6.45, 7) is 4.23. The molecule has 2 heterocycles. The van der Waals surface area contributed by atoms with Gasteiger partial charge in [-0.25, -0.2) is 13.9 Å². The van der Waals surface area contributed by atoms with E-state index in [4.69, 9.17) is 14.3 Å². The Morgan fingerprint density at radius 2 is 2.09 bits per heavy atom. The van der Waals surface area contributed by atoms with Gasteiger partial charge in [0.2, 0.25) is 10.9 Å². The third-order valence-electron chi connectivity index (χ3n) is 11.1. The molecule has 43 heavy (non-hydrogen) atoms. The van der Waals surface area contributed by atoms with Crippen LogP contribution in [0.1, 0.15) is 67.8 Å². The first-order valence-electron chi connectivity index (χ1n) is 14.8. The fourth-order valence-electron chi connectivity index (χ4n) is 9.30. The topological polar surface area (TPSA) is 94.6 Å². The molecule has 0 spiro atoms. The van der Waals surface area contributed by atoms with Crippen molar-refractivity contribution >= 4 is 44.9 Å². The van der Waals surface area contributed by atoms with E-state index in [-0.39, 0.29) is 35.3 Å². The minimum absolute atomic E-state index is 0.0000752. The number of thioether (sulfide) groups is 1. The lowest BCUT2D eigenvalue weighted by Gasteiger charge is -2.60. The van der Waals surface area contributed by atoms with Crippen LogP contribution < -0.4 is 0 Å². The first-order chi connectivity index (χ1) is 20.6. The molecule has 0 amide bonds. The van der Waals surface area contributed by atoms with Crippen LogP contribution in [-0.4, -0.2) is 43.7 Å². The molecule has 1 aromatic carbocycles. The van der Waals surface area contributed by atoms with Gasteiger partial charge in [0.05, 0.1) is 29.9 Å². The van der Waals surface area contributed by atoms with Crippen molar-refractivity contribution in [1.82, 2.24) is 9.78 Å². The smallest absolute Gasteiger partial charge is 0.375 e. The van der Waals surface area contributed by atoms with Gasteiger partial charge in [-0.05, 0) is 115 Å². The maximum absolute atomic E-state index is 13.7. The average Bonchev–Trinajstić information content (AvgIpc) is 3.70. The minimum Gasteiger partial charge on any atom is -0.457 e. The second-order valence-electron chi connectivity index (χ2n) is 13.0. The summed E-state index contributed by atoms with van der Waals surface area (Å²) in [5, 5.41) is 16.3. The number of carbonyl (C=O) groups excluding carboxylic acids is 2. The molecule has 0 bridgehead atoms. The number of furan rings is 1. The van der Waals surface area contributed by atoms with Crippen LogP contribution in [0, 0.1) is 28.6 Å². The van der Waals surface area contributed by atoms with Crippen molar-refractivity contribution in [2.24, 2.45) is 28.6 Å². The third-order valence-corrected chi connectivity index (χ3v) is 12.3. The summed E-state index contributed by atoms with van der Waals surface area (Å²) < 4.78 is 27.9. The van der Waals surface area contributed by atoms with Gasteiger partial charge in [-0.2, -0.15) is 5.10 Å². The molecule has 2 aromatic heterocycles. The van der Waals surface area contributed by atoms with E-state index in [0.717, 1.165) is 40.7 Å². The molecule has 3 aromatic rings. The molecule has 0 unspecified atom stereocenters. The van der Waals surface area contributed by atoms with E-state index in [1.165, 1.54) is 17.9 Å². The first kappa shape index (κ1) is 29.0. The second-order valence-corrected chi connectivity index (χ2v) is 14.8. The van der Waals surface area contributed by atoms with Crippen LogP contribution in [0.3, 0.4) is 0 Å². The van der Waals surface area contributed by atoms with Crippen LogP contribution in [0.5, 0.6) is 0 Å². The van der Waals surface area contributed by atoms with Crippen LogP contribution in [0.15, 0.2) is 63.3 Å². The highest BCUT2D eigenvalue weighted by Gasteiger charge is 2.70. The number of aliphatic hydroxyl groups is 1. The van der Waals surface area contributed by atoms with Crippen molar-refractivity contribution in [3.8, 4) is 5.69 Å². The lowest BCUT2D eigenvalue weighted by molar-refractivity contribution is -0.175. The Bertz CT molecular complexity index is 1620. The van der Waals surface area contributed by atoms with Gasteiger partial charge >= 0.3 is 5.97 Å². The molecule has 1 N–H and O–H groups in total. The van der Waals surface area contributed by atoms with Crippen LogP contribution >= 0.6 is 27.7 Å². The van der Waals surface area contributed by atoms with Gasteiger partial charge < -0.3 is 14.3 Å². The van der Waals surface area contributed by atoms with Crippen molar-refractivity contribution in [2.45, 2.75) is 64.1 Å². The van der Waals surface area contributed by atoms with Gasteiger partial charge in [0.25, 0.3) is 0 Å². The third kappa shape index (κ3) is 4.26. The molecule has 7 nitrogen and oxygen atoms in total. The molecule has 3 saturated carbocycles. The molecule has 7 rings (SSSR count). The van der Waals surface area contributed by atoms with Gasteiger partial charge in [0.15, 0.2) is 5.60 Å². The number of ether oxygens (including phenoxy) is 1. The summed E-state index contributed by atoms with van der Waals surface area (Å²) in [4.78, 5) is 26.9. The largest absolute Gasteiger partial charge is 0.457 e. The highest BCUT2D eigenvalue weighted by molar-refractivity contribution is 9.10. The lowest BCUT2D eigenvalue weighted by Crippen LogP contribution is -2.62. The predicted molar refractivity (Wildman–Crippen MR) is 164 cm³/mol. The fourth-order valence-corrected chi connectivity index (χ4v) is 10.4. The Balaban J connectivity index is 1.23. The summed E-state index contributed by atoms with van der Waals surface area (Å²) in [6.07, 6.45) is 8.60. The molecular formula is C33H34BrFN2O5S. The monoisotopic (exact) mass is 668 g/mol. The normalized spacial score (nSPS) is 34.4. The molecule has 3 fully saturated rings. The molecule has 226 valence electrons. The predicted octanol–water partition coefficient (Wildman–Crippen LogP) is 7.16. The van der Waals surface area contributed by atoms with Crippen molar-refractivity contribution in [3.05, 3.63) is 75.9 Å². The second kappa shape index (κ2) is 10.4. The van der Waals surface area contributed by atoms with Crippen molar-refractivity contribution in [1.29, 1.82) is 0 Å². The summed E-state index contributed by atoms with van der Waals surface area (Å²) in [7, 11) is 0. The molecule has 10 heteroatoms. The number of aliphatic hydroxyl groups excluding tert-OH is 1. The summed E-state index contributed by atoms with van der Waals surface area (Å²) in [6, 6.07) is 10.3. The number of halogens is 2. The summed E-state index contributed by atoms with van der Waals surface area (Å²) >= 11 is 4.12. The number of hydrogen-bond donors (Lipinski definition) is 1. The molecule has 0 aliphatic heterocycles. The van der Waals surface area contributed by atoms with E-state index < -0.39 is 34.2 Å². The Labute approximate surface area is 262 Å². The van der Waals surface area contributed by atoms with Gasteiger partial charge in [-0.15, -0.1) is 0 Å². The van der Waals surface area contributed by atoms with Crippen molar-refractivity contribution in [2.75, 3.05) is 6.01 Å². The van der Waals surface area contributed by atoms with E-state index in [1.807, 2.05) is 36.0 Å². The highest BCUT2D eigenvalue weighted by atomic mass is 79.9. The maximum atomic E-state index is 13.7. The quantitative estimate of drug-likeness (QED) is 0.288. The summed E-state index contributed by atoms with van der Waals surface area (Å²) in [5.74, 6) is -0.628. The van der Waals surface area contributed by atoms with Crippen LogP contribution in [0.4, 0.5) is 4.39 Å². The van der Waals surface area contributed by atoms with Gasteiger partial charge in [0.1, 0.15) is 6.01 Å². The Morgan fingerprint density at radius 1 is 1.26 bits per heavy atom. The standard InChI is InChI=1S/C33H34BrFN2O5S/c1-31-15-19-17-36-37(22-6-3-5-21(34)14-22)25(19)13-20(31)8-9-23-24-10-11-33(30(40)43-18-35,32(24,2)16-26(38)28(23)31)42-29(39)27-7-4-12-41-27/h3-7,12-14,17,23-24,26,28,38H,8-11,15-16,18H2,1-2H3/t23-,24-,26-,28+,31-,32-,33-/m0/s1. The van der Waals surface area contributed by atoms with Crippen molar-refractivity contribution in [3.63, 3.8) is 0 Å². The van der Waals surface area contributed by atoms with E-state index >= 15 is 0 Å². The number of allylic oxidation sites excluding steroid dienone is 1. The van der Waals surface area contributed by atoms with E-state index in [1.54, 1.807) is 6.07 Å². The SMILES string of the molecule is C[C@]12Cc3cnn(-c4cccc(Br)c4)c3C=C1CC[C@@H]1[C@@H]2[C@@H](O)C[C@@]2(C)[C@H]1CC[C@]2(OC(=O)c1ccco1)C(=O)SCF. The average molecular weight is 670 g/mol. The summed E-state index contributed by atoms with van der Waals surface area (Å²) in [5.41, 5.74) is 1.85. The Hall–Kier alpha value is -2.69. The maximum Gasteiger partial charge on any atom is 0.375 e. The molecule has 0 radical (unpaired) electrons. The number of nitrogens with zero attached hydrogens (tertiary/aromatic N) is 2. The highest BCUT2D eigenvalue weighted by Crippen LogP contribution is 2.69. The zero-order chi connectivity index (χ0) is 30.1. The number of fused-ring (bicyclic) bond motifs is 6. The number of alkyl halides is 1. The number of carbonyl (C=O) groups is 2. The van der Waals surface area contributed by atoms with Gasteiger partial charge in [-0.1, -0.05) is 41.4 Å². The van der Waals surface area contributed by atoms with Crippen LogP contribution in [0.2, 0.25) is 0 Å². The van der Waals surface area contributed by atoms with Gasteiger partial charge in [-0.3, -0.25) is 4.79 Å². The number of esters is 1. The Kier molecular flexibility index (Phi) is 7.06. The molecule has 7 atom stereocenters. The lowest BCUT2D eigenvalue weighted by atomic mass is 9.45. The van der Waals surface area contributed by atoms with E-state index in [2.05, 4.69) is 35.0 Å². The van der Waals surface area contributed by atoms with Crippen LogP contribution in [-0.2, 0) is 16.0 Å². The number of aromatic nitrogens is 2. The molecule has 4 aliphatic rings. The molecular weight excluding hydrogens is 635 g/mol. The van der Waals surface area contributed by atoms with E-state index in [0.29, 0.717) is 24.6 Å². The number of benzene rings is 1. The number of hydrogen-bond acceptors (Lipinski definition) is 7. The zero-order valence-electron chi connectivity index (χ0n) is 24.1. The fraction of sp³-hybridized carbons (Fsp3) is 0.485. The number of rotatable bonds is 5. The minimum atomic E-state index is -1.55. The first-order valence-corrected chi connectivity index (χ1v) is 16.6.